The summed E-state index contributed by atoms with van der Waals surface area (Å²) in [6, 6.07) is 8.30. The van der Waals surface area contributed by atoms with Crippen molar-refractivity contribution in [2.24, 2.45) is 0 Å². The summed E-state index contributed by atoms with van der Waals surface area (Å²) in [6.07, 6.45) is 5.13. The molecule has 0 saturated heterocycles. The van der Waals surface area contributed by atoms with E-state index in [1.165, 1.54) is 29.5 Å². The van der Waals surface area contributed by atoms with Gasteiger partial charge in [0.2, 0.25) is 0 Å². The van der Waals surface area contributed by atoms with Gasteiger partial charge in [-0.1, -0.05) is 49.2 Å². The molecule has 0 fully saturated rings. The first-order valence-electron chi connectivity index (χ1n) is 7.04. The summed E-state index contributed by atoms with van der Waals surface area (Å²) in [4.78, 5) is 0. The van der Waals surface area contributed by atoms with E-state index in [4.69, 9.17) is 10.2 Å². The Bertz CT molecular complexity index is 520. The number of nitrogens with zero attached hydrogens (tertiary/aromatic N) is 3. The molecule has 0 aliphatic heterocycles. The van der Waals surface area contributed by atoms with Gasteiger partial charge in [0, 0.05) is 5.56 Å². The maximum absolute atomic E-state index is 8.89. The number of aliphatic hydroxyl groups excluding tert-OH is 1. The molecule has 0 radical (unpaired) electrons. The quantitative estimate of drug-likeness (QED) is 0.599. The van der Waals surface area contributed by atoms with Crippen molar-refractivity contribution < 1.29 is 10.2 Å². The molecule has 2 N–H and O–H groups in total. The molecule has 1 heterocycles. The molecule has 0 unspecified atom stereocenters. The molecule has 0 bridgehead atoms. The predicted octanol–water partition coefficient (Wildman–Crippen LogP) is 1.99. The van der Waals surface area contributed by atoms with Gasteiger partial charge in [0.05, 0.1) is 12.7 Å². The minimum absolute atomic E-state index is 0.0299. The molecule has 2 rings (SSSR count). The van der Waals surface area contributed by atoms with Gasteiger partial charge in [0.15, 0.2) is 6.29 Å². The standard InChI is InChI=1S/C15H21N3O2/c1-2-3-4-5-12-6-8-13(9-7-12)14-10-18(17-16-14)11-15(19)20/h6-10,15,19-20H,2-5,11H2,1H3. The number of unbranched alkanes of at least 4 members (excludes halogenated alkanes) is 2. The summed E-state index contributed by atoms with van der Waals surface area (Å²) in [6.45, 7) is 2.23. The summed E-state index contributed by atoms with van der Waals surface area (Å²) in [5.74, 6) is 0. The van der Waals surface area contributed by atoms with Crippen LogP contribution in [0, 0.1) is 0 Å². The predicted molar refractivity (Wildman–Crippen MR) is 76.9 cm³/mol. The lowest BCUT2D eigenvalue weighted by atomic mass is 10.0. The van der Waals surface area contributed by atoms with Crippen LogP contribution in [0.3, 0.4) is 0 Å². The summed E-state index contributed by atoms with van der Waals surface area (Å²) < 4.78 is 1.43. The Hall–Kier alpha value is -1.72. The average molecular weight is 275 g/mol. The Morgan fingerprint density at radius 1 is 1.15 bits per heavy atom. The third kappa shape index (κ3) is 4.15. The van der Waals surface area contributed by atoms with Crippen molar-refractivity contribution in [3.05, 3.63) is 36.0 Å². The topological polar surface area (TPSA) is 71.2 Å². The van der Waals surface area contributed by atoms with E-state index in [9.17, 15) is 0 Å². The van der Waals surface area contributed by atoms with E-state index in [2.05, 4.69) is 29.4 Å². The molecular formula is C15H21N3O2. The molecule has 0 saturated carbocycles. The van der Waals surface area contributed by atoms with Gasteiger partial charge >= 0.3 is 0 Å². The molecular weight excluding hydrogens is 254 g/mol. The van der Waals surface area contributed by atoms with E-state index < -0.39 is 6.29 Å². The Kier molecular flexibility index (Phi) is 5.26. The lowest BCUT2D eigenvalue weighted by Gasteiger charge is -2.02. The van der Waals surface area contributed by atoms with Crippen LogP contribution in [0.15, 0.2) is 30.5 Å². The van der Waals surface area contributed by atoms with E-state index in [1.54, 1.807) is 6.20 Å². The first-order chi connectivity index (χ1) is 9.69. The average Bonchev–Trinajstić information content (AvgIpc) is 2.87. The fourth-order valence-corrected chi connectivity index (χ4v) is 2.11. The number of aromatic nitrogens is 3. The fourth-order valence-electron chi connectivity index (χ4n) is 2.11. The number of aliphatic hydroxyl groups is 2. The number of aryl methyl sites for hydroxylation is 1. The Labute approximate surface area is 118 Å². The first-order valence-corrected chi connectivity index (χ1v) is 7.04. The molecule has 2 aromatic rings. The van der Waals surface area contributed by atoms with E-state index in [0.29, 0.717) is 0 Å². The molecule has 0 amide bonds. The van der Waals surface area contributed by atoms with Crippen LogP contribution in [0.4, 0.5) is 0 Å². The van der Waals surface area contributed by atoms with Crippen molar-refractivity contribution in [1.29, 1.82) is 0 Å². The molecule has 5 heteroatoms. The number of rotatable bonds is 7. The van der Waals surface area contributed by atoms with Gasteiger partial charge in [-0.2, -0.15) is 0 Å². The van der Waals surface area contributed by atoms with E-state index in [1.807, 2.05) is 12.1 Å². The lowest BCUT2D eigenvalue weighted by molar-refractivity contribution is -0.0537. The summed E-state index contributed by atoms with van der Waals surface area (Å²) in [5, 5.41) is 25.7. The van der Waals surface area contributed by atoms with Crippen LogP contribution in [0.1, 0.15) is 31.7 Å². The van der Waals surface area contributed by atoms with Crippen molar-refractivity contribution in [3.63, 3.8) is 0 Å². The smallest absolute Gasteiger partial charge is 0.171 e. The summed E-state index contributed by atoms with van der Waals surface area (Å²) in [5.41, 5.74) is 3.06. The zero-order valence-corrected chi connectivity index (χ0v) is 11.7. The van der Waals surface area contributed by atoms with E-state index in [-0.39, 0.29) is 6.54 Å². The van der Waals surface area contributed by atoms with E-state index >= 15 is 0 Å². The van der Waals surface area contributed by atoms with Crippen molar-refractivity contribution >= 4 is 0 Å². The second-order valence-corrected chi connectivity index (χ2v) is 4.96. The zero-order chi connectivity index (χ0) is 14.4. The van der Waals surface area contributed by atoms with Crippen LogP contribution < -0.4 is 0 Å². The molecule has 108 valence electrons. The normalized spacial score (nSPS) is 11.2. The largest absolute Gasteiger partial charge is 0.367 e. The zero-order valence-electron chi connectivity index (χ0n) is 11.7. The maximum atomic E-state index is 8.89. The van der Waals surface area contributed by atoms with Crippen LogP contribution >= 0.6 is 0 Å². The molecule has 0 spiro atoms. The highest BCUT2D eigenvalue weighted by Crippen LogP contribution is 2.18. The third-order valence-corrected chi connectivity index (χ3v) is 3.21. The number of hydrogen-bond acceptors (Lipinski definition) is 4. The molecule has 1 aromatic heterocycles. The first kappa shape index (κ1) is 14.7. The van der Waals surface area contributed by atoms with Crippen molar-refractivity contribution in [2.75, 3.05) is 0 Å². The van der Waals surface area contributed by atoms with Crippen molar-refractivity contribution in [1.82, 2.24) is 15.0 Å². The third-order valence-electron chi connectivity index (χ3n) is 3.21. The SMILES string of the molecule is CCCCCc1ccc(-c2cn(CC(O)O)nn2)cc1. The Morgan fingerprint density at radius 3 is 2.55 bits per heavy atom. The highest BCUT2D eigenvalue weighted by atomic mass is 16.5. The number of hydrogen-bond donors (Lipinski definition) is 2. The van der Waals surface area contributed by atoms with Crippen LogP contribution in [0.2, 0.25) is 0 Å². The van der Waals surface area contributed by atoms with Gasteiger partial charge in [-0.3, -0.25) is 0 Å². The van der Waals surface area contributed by atoms with E-state index in [0.717, 1.165) is 17.7 Å². The Morgan fingerprint density at radius 2 is 1.90 bits per heavy atom. The van der Waals surface area contributed by atoms with Crippen LogP contribution in [0.5, 0.6) is 0 Å². The highest BCUT2D eigenvalue weighted by Gasteiger charge is 2.06. The highest BCUT2D eigenvalue weighted by molar-refractivity contribution is 5.57. The van der Waals surface area contributed by atoms with Crippen LogP contribution in [-0.2, 0) is 13.0 Å². The lowest BCUT2D eigenvalue weighted by Crippen LogP contribution is -2.14. The fraction of sp³-hybridized carbons (Fsp3) is 0.467. The number of benzene rings is 1. The van der Waals surface area contributed by atoms with Gasteiger partial charge in [-0.25, -0.2) is 4.68 Å². The van der Waals surface area contributed by atoms with Crippen molar-refractivity contribution in [3.8, 4) is 11.3 Å². The second-order valence-electron chi connectivity index (χ2n) is 4.96. The monoisotopic (exact) mass is 275 g/mol. The van der Waals surface area contributed by atoms with Gasteiger partial charge in [0.25, 0.3) is 0 Å². The van der Waals surface area contributed by atoms with Gasteiger partial charge < -0.3 is 10.2 Å². The molecule has 0 aliphatic carbocycles. The second kappa shape index (κ2) is 7.17. The van der Waals surface area contributed by atoms with Crippen molar-refractivity contribution in [2.45, 2.75) is 45.4 Å². The molecule has 1 aromatic carbocycles. The van der Waals surface area contributed by atoms with Gasteiger partial charge in [-0.05, 0) is 18.4 Å². The molecule has 0 atom stereocenters. The molecule has 0 aliphatic rings. The summed E-state index contributed by atoms with van der Waals surface area (Å²) >= 11 is 0. The molecule has 20 heavy (non-hydrogen) atoms. The Balaban J connectivity index is 2.00. The minimum Gasteiger partial charge on any atom is -0.367 e. The van der Waals surface area contributed by atoms with Crippen LogP contribution in [0.25, 0.3) is 11.3 Å². The van der Waals surface area contributed by atoms with Gasteiger partial charge in [0.1, 0.15) is 5.69 Å². The maximum Gasteiger partial charge on any atom is 0.171 e. The molecule has 5 nitrogen and oxygen atoms in total. The summed E-state index contributed by atoms with van der Waals surface area (Å²) in [7, 11) is 0. The minimum atomic E-state index is -1.41. The van der Waals surface area contributed by atoms with Crippen LogP contribution in [-0.4, -0.2) is 31.5 Å². The van der Waals surface area contributed by atoms with Gasteiger partial charge in [-0.15, -0.1) is 5.10 Å².